The number of rotatable bonds is 3. The van der Waals surface area contributed by atoms with Gasteiger partial charge in [-0.05, 0) is 29.0 Å². The summed E-state index contributed by atoms with van der Waals surface area (Å²) in [5.74, 6) is 1.57. The van der Waals surface area contributed by atoms with Crippen molar-refractivity contribution in [2.45, 2.75) is 5.16 Å². The van der Waals surface area contributed by atoms with Crippen molar-refractivity contribution < 1.29 is 0 Å². The van der Waals surface area contributed by atoms with E-state index in [9.17, 15) is 0 Å². The van der Waals surface area contributed by atoms with Crippen LogP contribution in [0.1, 0.15) is 0 Å². The lowest BCUT2D eigenvalue weighted by molar-refractivity contribution is 0.904. The van der Waals surface area contributed by atoms with Crippen LogP contribution in [0, 0.1) is 0 Å². The molecule has 0 radical (unpaired) electrons. The predicted octanol–water partition coefficient (Wildman–Crippen LogP) is 2.20. The van der Waals surface area contributed by atoms with E-state index in [-0.39, 0.29) is 10.6 Å². The first-order valence-corrected chi connectivity index (χ1v) is 5.40. The maximum Gasteiger partial charge on any atom is 0.227 e. The van der Waals surface area contributed by atoms with Crippen molar-refractivity contribution in [3.05, 3.63) is 10.6 Å². The molecule has 0 saturated heterocycles. The van der Waals surface area contributed by atoms with Crippen LogP contribution in [-0.4, -0.2) is 26.5 Å². The Kier molecular flexibility index (Phi) is 4.42. The van der Waals surface area contributed by atoms with Gasteiger partial charge in [0.2, 0.25) is 10.6 Å². The van der Waals surface area contributed by atoms with E-state index in [0.717, 1.165) is 11.5 Å². The fourth-order valence-corrected chi connectivity index (χ4v) is 1.82. The lowest BCUT2D eigenvalue weighted by Crippen LogP contribution is -1.93. The number of thioether (sulfide) groups is 1. The third-order valence-electron chi connectivity index (χ3n) is 0.883. The summed E-state index contributed by atoms with van der Waals surface area (Å²) in [6.07, 6.45) is 0. The zero-order valence-electron chi connectivity index (χ0n) is 5.87. The van der Waals surface area contributed by atoms with Gasteiger partial charge in [-0.2, -0.15) is 27.6 Å². The molecule has 1 aromatic rings. The van der Waals surface area contributed by atoms with E-state index in [1.807, 2.05) is 0 Å². The van der Waals surface area contributed by atoms with Crippen molar-refractivity contribution in [3.63, 3.8) is 0 Å². The zero-order valence-corrected chi connectivity index (χ0v) is 9.09. The number of thiol groups is 1. The Morgan fingerprint density at radius 3 is 2.25 bits per heavy atom. The van der Waals surface area contributed by atoms with E-state index in [0.29, 0.717) is 5.16 Å². The van der Waals surface area contributed by atoms with Crippen LogP contribution in [0.25, 0.3) is 0 Å². The molecule has 66 valence electrons. The molecule has 12 heavy (non-hydrogen) atoms. The molecular formula is C5H5Cl2N3S2. The molecular weight excluding hydrogens is 237 g/mol. The molecule has 0 aliphatic heterocycles. The quantitative estimate of drug-likeness (QED) is 0.651. The summed E-state index contributed by atoms with van der Waals surface area (Å²) >= 11 is 16.6. The van der Waals surface area contributed by atoms with Crippen molar-refractivity contribution in [2.75, 3.05) is 11.5 Å². The van der Waals surface area contributed by atoms with Gasteiger partial charge in [-0.3, -0.25) is 0 Å². The molecule has 0 amide bonds. The van der Waals surface area contributed by atoms with Gasteiger partial charge < -0.3 is 0 Å². The Balaban J connectivity index is 2.72. The molecule has 0 fully saturated rings. The van der Waals surface area contributed by atoms with E-state index in [1.54, 1.807) is 0 Å². The molecule has 0 atom stereocenters. The molecule has 0 spiro atoms. The van der Waals surface area contributed by atoms with Crippen molar-refractivity contribution >= 4 is 47.6 Å². The third kappa shape index (κ3) is 3.35. The third-order valence-corrected chi connectivity index (χ3v) is 2.60. The molecule has 1 heterocycles. The molecule has 0 bridgehead atoms. The summed E-state index contributed by atoms with van der Waals surface area (Å²) in [5.41, 5.74) is 0. The van der Waals surface area contributed by atoms with Gasteiger partial charge in [-0.1, -0.05) is 11.8 Å². The second-order valence-corrected chi connectivity index (χ2v) is 3.91. The van der Waals surface area contributed by atoms with Crippen LogP contribution in [0.3, 0.4) is 0 Å². The van der Waals surface area contributed by atoms with Crippen molar-refractivity contribution in [1.29, 1.82) is 0 Å². The van der Waals surface area contributed by atoms with Gasteiger partial charge in [0.05, 0.1) is 0 Å². The highest BCUT2D eigenvalue weighted by molar-refractivity contribution is 7.99. The molecule has 0 N–H and O–H groups in total. The second-order valence-electron chi connectivity index (χ2n) is 1.73. The monoisotopic (exact) mass is 241 g/mol. The molecule has 0 aromatic carbocycles. The van der Waals surface area contributed by atoms with Gasteiger partial charge in [0.25, 0.3) is 0 Å². The van der Waals surface area contributed by atoms with Crippen LogP contribution < -0.4 is 0 Å². The number of hydrogen-bond donors (Lipinski definition) is 1. The van der Waals surface area contributed by atoms with Gasteiger partial charge >= 0.3 is 0 Å². The van der Waals surface area contributed by atoms with Gasteiger partial charge in [-0.25, -0.2) is 0 Å². The number of halogens is 2. The summed E-state index contributed by atoms with van der Waals surface area (Å²) in [4.78, 5) is 11.3. The van der Waals surface area contributed by atoms with Crippen LogP contribution in [-0.2, 0) is 0 Å². The Hall–Kier alpha value is 0.290. The van der Waals surface area contributed by atoms with Crippen LogP contribution in [0.15, 0.2) is 5.16 Å². The number of aromatic nitrogens is 3. The highest BCUT2D eigenvalue weighted by Crippen LogP contribution is 2.16. The largest absolute Gasteiger partial charge is 0.227 e. The minimum atomic E-state index is 0.122. The van der Waals surface area contributed by atoms with E-state index in [1.165, 1.54) is 11.8 Å². The van der Waals surface area contributed by atoms with Crippen molar-refractivity contribution in [1.82, 2.24) is 15.0 Å². The molecule has 0 aliphatic carbocycles. The zero-order chi connectivity index (χ0) is 8.97. The predicted molar refractivity (Wildman–Crippen MR) is 54.4 cm³/mol. The Labute approximate surface area is 89.7 Å². The average molecular weight is 242 g/mol. The summed E-state index contributed by atoms with van der Waals surface area (Å²) < 4.78 is 0. The Morgan fingerprint density at radius 1 is 1.17 bits per heavy atom. The van der Waals surface area contributed by atoms with Gasteiger partial charge in [-0.15, -0.1) is 0 Å². The summed E-state index contributed by atoms with van der Waals surface area (Å²) in [6.45, 7) is 0. The minimum absolute atomic E-state index is 0.122. The Bertz CT molecular complexity index is 251. The smallest absolute Gasteiger partial charge is 0.192 e. The highest BCUT2D eigenvalue weighted by atomic mass is 35.5. The maximum absolute atomic E-state index is 5.55. The lowest BCUT2D eigenvalue weighted by atomic mass is 11.0. The Morgan fingerprint density at radius 2 is 1.75 bits per heavy atom. The topological polar surface area (TPSA) is 38.7 Å². The van der Waals surface area contributed by atoms with E-state index in [4.69, 9.17) is 23.2 Å². The molecule has 3 nitrogen and oxygen atoms in total. The van der Waals surface area contributed by atoms with Crippen LogP contribution >= 0.6 is 47.6 Å². The van der Waals surface area contributed by atoms with E-state index >= 15 is 0 Å². The van der Waals surface area contributed by atoms with Gasteiger partial charge in [0, 0.05) is 5.75 Å². The minimum Gasteiger partial charge on any atom is -0.192 e. The standard InChI is InChI=1S/C5H5Cl2N3S2/c6-3-8-4(7)10-5(9-3)12-2-1-11/h11H,1-2H2. The van der Waals surface area contributed by atoms with Crippen LogP contribution in [0.2, 0.25) is 10.6 Å². The average Bonchev–Trinajstić information content (AvgIpc) is 1.99. The van der Waals surface area contributed by atoms with Crippen LogP contribution in [0.4, 0.5) is 0 Å². The van der Waals surface area contributed by atoms with E-state index in [2.05, 4.69) is 27.6 Å². The second kappa shape index (κ2) is 5.11. The SMILES string of the molecule is SCCSc1nc(Cl)nc(Cl)n1. The normalized spacial score (nSPS) is 10.2. The van der Waals surface area contributed by atoms with Crippen LogP contribution in [0.5, 0.6) is 0 Å². The van der Waals surface area contributed by atoms with Crippen molar-refractivity contribution in [3.8, 4) is 0 Å². The fraction of sp³-hybridized carbons (Fsp3) is 0.400. The molecule has 1 aromatic heterocycles. The summed E-state index contributed by atoms with van der Waals surface area (Å²) in [7, 11) is 0. The van der Waals surface area contributed by atoms with Gasteiger partial charge in [0.15, 0.2) is 5.16 Å². The van der Waals surface area contributed by atoms with Crippen molar-refractivity contribution in [2.24, 2.45) is 0 Å². The molecule has 0 unspecified atom stereocenters. The lowest BCUT2D eigenvalue weighted by Gasteiger charge is -1.97. The first kappa shape index (κ1) is 10.4. The summed E-state index contributed by atoms with van der Waals surface area (Å²) in [5, 5.41) is 0.780. The maximum atomic E-state index is 5.55. The highest BCUT2D eigenvalue weighted by Gasteiger charge is 2.02. The van der Waals surface area contributed by atoms with Gasteiger partial charge in [0.1, 0.15) is 0 Å². The van der Waals surface area contributed by atoms with E-state index < -0.39 is 0 Å². The first-order valence-electron chi connectivity index (χ1n) is 3.03. The molecule has 0 saturated carbocycles. The summed E-state index contributed by atoms with van der Waals surface area (Å²) in [6, 6.07) is 0. The number of hydrogen-bond acceptors (Lipinski definition) is 5. The molecule has 7 heteroatoms. The first-order chi connectivity index (χ1) is 5.72. The molecule has 0 aliphatic rings. The fourth-order valence-electron chi connectivity index (χ4n) is 0.510. The molecule has 1 rings (SSSR count). The number of nitrogens with zero attached hydrogens (tertiary/aromatic N) is 3.